The van der Waals surface area contributed by atoms with Crippen LogP contribution < -0.4 is 0 Å². The van der Waals surface area contributed by atoms with Crippen molar-refractivity contribution >= 4 is 28.6 Å². The van der Waals surface area contributed by atoms with Gasteiger partial charge in [-0.25, -0.2) is 4.21 Å². The maximum Gasteiger partial charge on any atom is 0.0879 e. The second kappa shape index (κ2) is 8.00. The fourth-order valence-corrected chi connectivity index (χ4v) is 5.46. The predicted octanol–water partition coefficient (Wildman–Crippen LogP) is 5.60. The summed E-state index contributed by atoms with van der Waals surface area (Å²) in [5, 5.41) is 0. The van der Waals surface area contributed by atoms with E-state index in [-0.39, 0.29) is 0 Å². The number of thioether (sulfide) groups is 1. The molecule has 0 spiro atoms. The summed E-state index contributed by atoms with van der Waals surface area (Å²) in [6.07, 6.45) is 15.7. The molecule has 3 rings (SSSR count). The molecule has 0 amide bonds. The fraction of sp³-hybridized carbons (Fsp3) is 0.444. The lowest BCUT2D eigenvalue weighted by Crippen LogP contribution is -2.14. The number of hydrogen-bond donors (Lipinski definition) is 0. The Balaban J connectivity index is 1.98. The van der Waals surface area contributed by atoms with E-state index in [1.165, 1.54) is 36.1 Å². The zero-order chi connectivity index (χ0) is 15.2. The zero-order valence-electron chi connectivity index (χ0n) is 13.0. The van der Waals surface area contributed by atoms with Crippen molar-refractivity contribution in [3.05, 3.63) is 35.9 Å². The minimum absolute atomic E-state index is 0.914. The molecule has 2 heterocycles. The van der Waals surface area contributed by atoms with Crippen LogP contribution in [-0.4, -0.2) is 10.5 Å². The molecule has 1 atom stereocenters. The first-order valence-electron chi connectivity index (χ1n) is 7.67. The summed E-state index contributed by atoms with van der Waals surface area (Å²) in [7, 11) is -0.914. The maximum atomic E-state index is 12.1. The first-order valence-corrected chi connectivity index (χ1v) is 10.0. The molecule has 1 unspecified atom stereocenters. The van der Waals surface area contributed by atoms with Crippen LogP contribution in [0.1, 0.15) is 50.2 Å². The van der Waals surface area contributed by atoms with E-state index in [0.29, 0.717) is 0 Å². The molecular formula is C18H24OS2. The van der Waals surface area contributed by atoms with Crippen molar-refractivity contribution < 1.29 is 4.21 Å². The highest BCUT2D eigenvalue weighted by Crippen LogP contribution is 2.46. The first-order chi connectivity index (χ1) is 10.2. The van der Waals surface area contributed by atoms with E-state index in [2.05, 4.69) is 31.7 Å². The zero-order valence-corrected chi connectivity index (χ0v) is 14.6. The van der Waals surface area contributed by atoms with Gasteiger partial charge in [-0.3, -0.25) is 0 Å². The fourth-order valence-electron chi connectivity index (χ4n) is 2.67. The number of unbranched alkanes of at least 4 members (excludes halogenated alkanes) is 4. The minimum atomic E-state index is -0.914. The van der Waals surface area contributed by atoms with Crippen LogP contribution >= 0.6 is 11.8 Å². The average Bonchev–Trinajstić information content (AvgIpc) is 2.52. The van der Waals surface area contributed by atoms with Gasteiger partial charge < -0.3 is 0 Å². The van der Waals surface area contributed by atoms with Gasteiger partial charge in [0.05, 0.1) is 20.6 Å². The molecule has 0 N–H and O–H groups in total. The van der Waals surface area contributed by atoms with Crippen LogP contribution in [0.4, 0.5) is 0 Å². The van der Waals surface area contributed by atoms with Crippen molar-refractivity contribution in [2.75, 3.05) is 6.26 Å². The van der Waals surface area contributed by atoms with Gasteiger partial charge in [-0.15, -0.1) is 11.8 Å². The molecule has 3 heteroatoms. The van der Waals surface area contributed by atoms with E-state index in [9.17, 15) is 4.21 Å². The third-order valence-corrected chi connectivity index (χ3v) is 6.46. The molecule has 2 aliphatic rings. The van der Waals surface area contributed by atoms with E-state index in [0.717, 1.165) is 28.2 Å². The lowest BCUT2D eigenvalue weighted by molar-refractivity contribution is 0.669. The highest BCUT2D eigenvalue weighted by Gasteiger charge is 2.32. The Morgan fingerprint density at radius 2 is 2.10 bits per heavy atom. The number of hydrogen-bond acceptors (Lipinski definition) is 2. The van der Waals surface area contributed by atoms with Crippen LogP contribution in [0.3, 0.4) is 0 Å². The molecule has 1 aromatic rings. The quantitative estimate of drug-likeness (QED) is 0.340. The molecule has 0 radical (unpaired) electrons. The Hall–Kier alpha value is -0.800. The summed E-state index contributed by atoms with van der Waals surface area (Å²) in [6, 6.07) is 2.10. The van der Waals surface area contributed by atoms with Crippen molar-refractivity contribution in [2.45, 2.75) is 60.1 Å². The van der Waals surface area contributed by atoms with Gasteiger partial charge in [-0.2, -0.15) is 0 Å². The molecule has 114 valence electrons. The molecule has 0 aliphatic carbocycles. The van der Waals surface area contributed by atoms with Crippen LogP contribution in [0.15, 0.2) is 39.5 Å². The lowest BCUT2D eigenvalue weighted by atomic mass is 10.0. The Labute approximate surface area is 135 Å². The molecule has 21 heavy (non-hydrogen) atoms. The smallest absolute Gasteiger partial charge is 0.0879 e. The van der Waals surface area contributed by atoms with Gasteiger partial charge in [0.15, 0.2) is 0 Å². The molecule has 0 saturated heterocycles. The predicted molar refractivity (Wildman–Crippen MR) is 94.6 cm³/mol. The maximum absolute atomic E-state index is 12.1. The summed E-state index contributed by atoms with van der Waals surface area (Å²) in [6.45, 7) is 6.14. The van der Waals surface area contributed by atoms with Crippen LogP contribution in [0.5, 0.6) is 0 Å². The molecular weight excluding hydrogens is 296 g/mol. The van der Waals surface area contributed by atoms with Crippen LogP contribution in [0.25, 0.3) is 6.08 Å². The second-order valence-corrected chi connectivity index (χ2v) is 7.51. The normalized spacial score (nSPS) is 16.2. The summed E-state index contributed by atoms with van der Waals surface area (Å²) in [5.74, 6) is 0. The SMILES string of the molecule is C=Cc1c(C/C=C/CCCCCC)cc2c(SC)c1S2=O. The van der Waals surface area contributed by atoms with Gasteiger partial charge in [0.2, 0.25) is 0 Å². The Kier molecular flexibility index (Phi) is 6.31. The van der Waals surface area contributed by atoms with Gasteiger partial charge in [-0.1, -0.05) is 51.0 Å². The average molecular weight is 321 g/mol. The van der Waals surface area contributed by atoms with Gasteiger partial charge in [0, 0.05) is 4.90 Å². The highest BCUT2D eigenvalue weighted by molar-refractivity contribution is 8.00. The van der Waals surface area contributed by atoms with E-state index in [4.69, 9.17) is 0 Å². The van der Waals surface area contributed by atoms with E-state index >= 15 is 0 Å². The van der Waals surface area contributed by atoms with Gasteiger partial charge in [-0.05, 0) is 42.7 Å². The summed E-state index contributed by atoms with van der Waals surface area (Å²) < 4.78 is 12.1. The van der Waals surface area contributed by atoms with Crippen molar-refractivity contribution in [1.29, 1.82) is 0 Å². The van der Waals surface area contributed by atoms with Gasteiger partial charge >= 0.3 is 0 Å². The third kappa shape index (κ3) is 3.51. The van der Waals surface area contributed by atoms with E-state index in [1.54, 1.807) is 11.8 Å². The number of fused-ring (bicyclic) bond motifs is 2. The van der Waals surface area contributed by atoms with Crippen LogP contribution in [-0.2, 0) is 17.2 Å². The molecule has 0 aromatic heterocycles. The number of rotatable bonds is 9. The second-order valence-electron chi connectivity index (χ2n) is 5.31. The van der Waals surface area contributed by atoms with Gasteiger partial charge in [0.1, 0.15) is 0 Å². The van der Waals surface area contributed by atoms with Crippen LogP contribution in [0, 0.1) is 0 Å². The largest absolute Gasteiger partial charge is 0.249 e. The Morgan fingerprint density at radius 1 is 1.29 bits per heavy atom. The van der Waals surface area contributed by atoms with Crippen molar-refractivity contribution in [3.63, 3.8) is 0 Å². The summed E-state index contributed by atoms with van der Waals surface area (Å²) in [5.41, 5.74) is 2.35. The monoisotopic (exact) mass is 320 g/mol. The minimum Gasteiger partial charge on any atom is -0.249 e. The molecule has 2 aliphatic heterocycles. The molecule has 1 aromatic carbocycles. The molecule has 0 saturated carbocycles. The Morgan fingerprint density at radius 3 is 2.76 bits per heavy atom. The molecule has 1 nitrogen and oxygen atoms in total. The number of allylic oxidation sites excluding steroid dienone is 2. The summed E-state index contributed by atoms with van der Waals surface area (Å²) >= 11 is 1.69. The Bertz CT molecular complexity index is 573. The third-order valence-electron chi connectivity index (χ3n) is 3.85. The number of benzene rings is 1. The highest BCUT2D eigenvalue weighted by atomic mass is 32.2. The van der Waals surface area contributed by atoms with Crippen molar-refractivity contribution in [1.82, 2.24) is 0 Å². The summed E-state index contributed by atoms with van der Waals surface area (Å²) in [4.78, 5) is 3.20. The van der Waals surface area contributed by atoms with Crippen molar-refractivity contribution in [2.24, 2.45) is 0 Å². The van der Waals surface area contributed by atoms with Gasteiger partial charge in [0.25, 0.3) is 0 Å². The van der Waals surface area contributed by atoms with Crippen LogP contribution in [0.2, 0.25) is 0 Å². The topological polar surface area (TPSA) is 17.1 Å². The van der Waals surface area contributed by atoms with E-state index < -0.39 is 10.8 Å². The lowest BCUT2D eigenvalue weighted by Gasteiger charge is -2.26. The van der Waals surface area contributed by atoms with E-state index in [1.807, 2.05) is 12.3 Å². The van der Waals surface area contributed by atoms with Crippen molar-refractivity contribution in [3.8, 4) is 0 Å². The molecule has 0 fully saturated rings. The standard InChI is InChI=1S/C18H24OS2/c1-4-6-7-8-9-10-11-12-14-13-16-17(20-3)18(21(16)19)15(14)5-2/h5,10-11,13H,2,4,6-9,12H2,1,3H3/b11-10+. The first kappa shape index (κ1) is 16.6. The molecule has 2 bridgehead atoms.